The number of hydrogen-bond donors (Lipinski definition) is 0. The number of allylic oxidation sites excluding steroid dienone is 2. The quantitative estimate of drug-likeness (QED) is 0.319. The lowest BCUT2D eigenvalue weighted by molar-refractivity contribution is 0.538. The zero-order valence-corrected chi connectivity index (χ0v) is 11.1. The SMILES string of the molecule is CCCCCC/C=C/[C@@H](CC)CCCC. The molecule has 0 aromatic rings. The van der Waals surface area contributed by atoms with Crippen molar-refractivity contribution in [3.05, 3.63) is 12.2 Å². The molecule has 0 saturated carbocycles. The fourth-order valence-corrected chi connectivity index (χ4v) is 1.88. The summed E-state index contributed by atoms with van der Waals surface area (Å²) in [6.45, 7) is 6.86. The second-order valence-electron chi connectivity index (χ2n) is 4.59. The van der Waals surface area contributed by atoms with Crippen molar-refractivity contribution in [1.82, 2.24) is 0 Å². The van der Waals surface area contributed by atoms with Gasteiger partial charge in [0.25, 0.3) is 0 Å². The fourth-order valence-electron chi connectivity index (χ4n) is 1.88. The van der Waals surface area contributed by atoms with Crippen molar-refractivity contribution in [2.24, 2.45) is 5.92 Å². The van der Waals surface area contributed by atoms with Gasteiger partial charge < -0.3 is 0 Å². The Hall–Kier alpha value is -0.260. The molecule has 0 aromatic carbocycles. The molecule has 0 spiro atoms. The Labute approximate surface area is 97.2 Å². The van der Waals surface area contributed by atoms with Crippen molar-refractivity contribution in [3.63, 3.8) is 0 Å². The lowest BCUT2D eigenvalue weighted by Gasteiger charge is -2.08. The number of hydrogen-bond acceptors (Lipinski definition) is 0. The Morgan fingerprint density at radius 2 is 1.60 bits per heavy atom. The molecule has 0 heteroatoms. The largest absolute Gasteiger partial charge is 0.0883 e. The van der Waals surface area contributed by atoms with Crippen molar-refractivity contribution in [1.29, 1.82) is 0 Å². The van der Waals surface area contributed by atoms with Gasteiger partial charge in [0.05, 0.1) is 0 Å². The van der Waals surface area contributed by atoms with Crippen LogP contribution in [0.15, 0.2) is 12.2 Å². The molecule has 0 aliphatic heterocycles. The van der Waals surface area contributed by atoms with Crippen molar-refractivity contribution in [3.8, 4) is 0 Å². The Balaban J connectivity index is 3.44. The minimum Gasteiger partial charge on any atom is -0.0883 e. The van der Waals surface area contributed by atoms with Gasteiger partial charge >= 0.3 is 0 Å². The summed E-state index contributed by atoms with van der Waals surface area (Å²) in [5.41, 5.74) is 0. The van der Waals surface area contributed by atoms with E-state index >= 15 is 0 Å². The van der Waals surface area contributed by atoms with Crippen LogP contribution < -0.4 is 0 Å². The summed E-state index contributed by atoms with van der Waals surface area (Å²) in [6.07, 6.45) is 17.1. The van der Waals surface area contributed by atoms with E-state index in [0.29, 0.717) is 0 Å². The number of rotatable bonds is 10. The highest BCUT2D eigenvalue weighted by Crippen LogP contribution is 2.14. The predicted octanol–water partition coefficient (Wildman–Crippen LogP) is 5.73. The first-order valence-corrected chi connectivity index (χ1v) is 7.01. The van der Waals surface area contributed by atoms with Crippen LogP contribution in [0.25, 0.3) is 0 Å². The van der Waals surface area contributed by atoms with Crippen LogP contribution in [0.3, 0.4) is 0 Å². The average Bonchev–Trinajstić information content (AvgIpc) is 2.27. The van der Waals surface area contributed by atoms with E-state index in [1.807, 2.05) is 0 Å². The molecule has 0 aromatic heterocycles. The first-order valence-electron chi connectivity index (χ1n) is 7.01. The molecule has 0 unspecified atom stereocenters. The third-order valence-corrected chi connectivity index (χ3v) is 3.09. The van der Waals surface area contributed by atoms with Crippen LogP contribution in [0.5, 0.6) is 0 Å². The molecule has 0 aliphatic rings. The molecule has 0 aliphatic carbocycles. The van der Waals surface area contributed by atoms with Crippen LogP contribution in [-0.4, -0.2) is 0 Å². The highest BCUT2D eigenvalue weighted by Gasteiger charge is 1.99. The molecule has 15 heavy (non-hydrogen) atoms. The third-order valence-electron chi connectivity index (χ3n) is 3.09. The molecule has 0 nitrogen and oxygen atoms in total. The second-order valence-corrected chi connectivity index (χ2v) is 4.59. The summed E-state index contributed by atoms with van der Waals surface area (Å²) < 4.78 is 0. The molecule has 90 valence electrons. The normalized spacial score (nSPS) is 13.5. The van der Waals surface area contributed by atoms with E-state index in [1.165, 1.54) is 57.8 Å². The van der Waals surface area contributed by atoms with E-state index in [9.17, 15) is 0 Å². The molecular weight excluding hydrogens is 180 g/mol. The van der Waals surface area contributed by atoms with E-state index in [0.717, 1.165) is 5.92 Å². The van der Waals surface area contributed by atoms with Gasteiger partial charge in [0, 0.05) is 0 Å². The summed E-state index contributed by atoms with van der Waals surface area (Å²) in [4.78, 5) is 0. The van der Waals surface area contributed by atoms with Gasteiger partial charge in [-0.15, -0.1) is 0 Å². The topological polar surface area (TPSA) is 0 Å². The van der Waals surface area contributed by atoms with Crippen LogP contribution in [0.2, 0.25) is 0 Å². The molecule has 1 atom stereocenters. The molecule has 0 amide bonds. The second kappa shape index (κ2) is 11.8. The summed E-state index contributed by atoms with van der Waals surface area (Å²) >= 11 is 0. The minimum absolute atomic E-state index is 0.844. The Bertz CT molecular complexity index is 135. The monoisotopic (exact) mass is 210 g/mol. The van der Waals surface area contributed by atoms with Crippen molar-refractivity contribution >= 4 is 0 Å². The van der Waals surface area contributed by atoms with Crippen LogP contribution in [0, 0.1) is 5.92 Å². The maximum Gasteiger partial charge on any atom is -0.0236 e. The van der Waals surface area contributed by atoms with Gasteiger partial charge in [0.1, 0.15) is 0 Å². The summed E-state index contributed by atoms with van der Waals surface area (Å²) in [7, 11) is 0. The molecule has 0 radical (unpaired) electrons. The van der Waals surface area contributed by atoms with Gasteiger partial charge in [-0.25, -0.2) is 0 Å². The molecule has 0 fully saturated rings. The molecule has 0 rings (SSSR count). The van der Waals surface area contributed by atoms with E-state index in [-0.39, 0.29) is 0 Å². The summed E-state index contributed by atoms with van der Waals surface area (Å²) in [6, 6.07) is 0. The average molecular weight is 210 g/mol. The van der Waals surface area contributed by atoms with Gasteiger partial charge in [0.15, 0.2) is 0 Å². The molecule has 0 heterocycles. The Kier molecular flexibility index (Phi) is 11.6. The molecule has 0 N–H and O–H groups in total. The lowest BCUT2D eigenvalue weighted by atomic mass is 9.98. The highest BCUT2D eigenvalue weighted by atomic mass is 14.0. The minimum atomic E-state index is 0.844. The van der Waals surface area contributed by atoms with E-state index in [4.69, 9.17) is 0 Å². The van der Waals surface area contributed by atoms with Gasteiger partial charge in [-0.1, -0.05) is 65.0 Å². The molecule has 0 bridgehead atoms. The van der Waals surface area contributed by atoms with Crippen molar-refractivity contribution < 1.29 is 0 Å². The smallest absolute Gasteiger partial charge is 0.0236 e. The maximum atomic E-state index is 2.46. The third kappa shape index (κ3) is 10.0. The summed E-state index contributed by atoms with van der Waals surface area (Å²) in [5, 5.41) is 0. The Morgan fingerprint density at radius 3 is 2.20 bits per heavy atom. The number of unbranched alkanes of at least 4 members (excludes halogenated alkanes) is 5. The van der Waals surface area contributed by atoms with Crippen LogP contribution in [0.4, 0.5) is 0 Å². The van der Waals surface area contributed by atoms with Crippen LogP contribution in [0.1, 0.15) is 78.6 Å². The Morgan fingerprint density at radius 1 is 0.867 bits per heavy atom. The summed E-state index contributed by atoms with van der Waals surface area (Å²) in [5.74, 6) is 0.844. The highest BCUT2D eigenvalue weighted by molar-refractivity contribution is 4.87. The van der Waals surface area contributed by atoms with Crippen molar-refractivity contribution in [2.75, 3.05) is 0 Å². The standard InChI is InChI=1S/C15H30/c1-4-7-9-10-11-12-14-15(6-3)13-8-5-2/h12,14-15H,4-11,13H2,1-3H3/b14-12+/t15-/m0/s1. The van der Waals surface area contributed by atoms with E-state index in [2.05, 4.69) is 32.9 Å². The van der Waals surface area contributed by atoms with Gasteiger partial charge in [-0.05, 0) is 31.6 Å². The van der Waals surface area contributed by atoms with E-state index in [1.54, 1.807) is 0 Å². The molecule has 0 saturated heterocycles. The fraction of sp³-hybridized carbons (Fsp3) is 0.867. The predicted molar refractivity (Wildman–Crippen MR) is 71.2 cm³/mol. The zero-order valence-electron chi connectivity index (χ0n) is 11.1. The maximum absolute atomic E-state index is 2.46. The van der Waals surface area contributed by atoms with Gasteiger partial charge in [-0.3, -0.25) is 0 Å². The molecular formula is C15H30. The van der Waals surface area contributed by atoms with Crippen molar-refractivity contribution in [2.45, 2.75) is 78.6 Å². The van der Waals surface area contributed by atoms with Crippen LogP contribution in [-0.2, 0) is 0 Å². The van der Waals surface area contributed by atoms with Gasteiger partial charge in [-0.2, -0.15) is 0 Å². The van der Waals surface area contributed by atoms with Crippen LogP contribution >= 0.6 is 0 Å². The zero-order chi connectivity index (χ0) is 11.4. The van der Waals surface area contributed by atoms with E-state index < -0.39 is 0 Å². The first-order chi connectivity index (χ1) is 7.35. The lowest BCUT2D eigenvalue weighted by Crippen LogP contribution is -1.93. The van der Waals surface area contributed by atoms with Gasteiger partial charge in [0.2, 0.25) is 0 Å². The first kappa shape index (κ1) is 14.7.